The summed E-state index contributed by atoms with van der Waals surface area (Å²) >= 11 is 0. The van der Waals surface area contributed by atoms with E-state index in [0.717, 1.165) is 6.07 Å². The Balaban J connectivity index is 2.71. The Morgan fingerprint density at radius 2 is 2.06 bits per heavy atom. The zero-order valence-corrected chi connectivity index (χ0v) is 9.30. The van der Waals surface area contributed by atoms with Gasteiger partial charge in [-0.1, -0.05) is 6.08 Å². The van der Waals surface area contributed by atoms with Crippen molar-refractivity contribution in [2.24, 2.45) is 4.99 Å². The van der Waals surface area contributed by atoms with Gasteiger partial charge in [-0.15, -0.1) is 6.58 Å². The number of hydrogen-bond donors (Lipinski definition) is 0. The van der Waals surface area contributed by atoms with Crippen LogP contribution in [0, 0.1) is 11.6 Å². The van der Waals surface area contributed by atoms with Crippen molar-refractivity contribution in [2.45, 2.75) is 25.8 Å². The fraction of sp³-hybridized carbons (Fsp3) is 0.308. The van der Waals surface area contributed by atoms with Gasteiger partial charge >= 0.3 is 0 Å². The summed E-state index contributed by atoms with van der Waals surface area (Å²) in [4.78, 5) is 4.35. The minimum absolute atomic E-state index is 0.0220. The molecular formula is C13H13F2N. The molecule has 0 spiro atoms. The monoisotopic (exact) mass is 221 g/mol. The third-order valence-corrected chi connectivity index (χ3v) is 2.98. The van der Waals surface area contributed by atoms with Crippen LogP contribution in [0.3, 0.4) is 0 Å². The number of halogens is 2. The van der Waals surface area contributed by atoms with Gasteiger partial charge in [0.05, 0.1) is 6.04 Å². The van der Waals surface area contributed by atoms with Gasteiger partial charge in [0.1, 0.15) is 11.6 Å². The largest absolute Gasteiger partial charge is 0.285 e. The van der Waals surface area contributed by atoms with Crippen molar-refractivity contribution >= 4 is 5.71 Å². The van der Waals surface area contributed by atoms with Crippen molar-refractivity contribution in [3.8, 4) is 0 Å². The predicted octanol–water partition coefficient (Wildman–Crippen LogP) is 3.45. The minimum atomic E-state index is -0.551. The third-order valence-electron chi connectivity index (χ3n) is 2.98. The zero-order chi connectivity index (χ0) is 11.9. The Morgan fingerprint density at radius 1 is 1.38 bits per heavy atom. The van der Waals surface area contributed by atoms with Crippen molar-refractivity contribution in [3.05, 3.63) is 47.5 Å². The van der Waals surface area contributed by atoms with Crippen LogP contribution in [0.15, 0.2) is 29.8 Å². The lowest BCUT2D eigenvalue weighted by Crippen LogP contribution is -2.23. The lowest BCUT2D eigenvalue weighted by Gasteiger charge is -2.27. The van der Waals surface area contributed by atoms with E-state index in [2.05, 4.69) is 11.6 Å². The van der Waals surface area contributed by atoms with E-state index in [1.54, 1.807) is 13.0 Å². The van der Waals surface area contributed by atoms with Crippen molar-refractivity contribution < 1.29 is 8.78 Å². The van der Waals surface area contributed by atoms with E-state index in [-0.39, 0.29) is 12.0 Å². The molecule has 1 nitrogen and oxygen atoms in total. The number of aliphatic imine (C=N–C) groups is 1. The normalized spacial score (nSPS) is 23.6. The Hall–Kier alpha value is -1.51. The SMILES string of the molecule is C=CC1c2cc(F)cc(F)c2C(C)=NC1C. The lowest BCUT2D eigenvalue weighted by atomic mass is 9.84. The summed E-state index contributed by atoms with van der Waals surface area (Å²) in [5.74, 6) is -1.22. The van der Waals surface area contributed by atoms with E-state index in [1.807, 2.05) is 6.92 Å². The summed E-state index contributed by atoms with van der Waals surface area (Å²) in [5.41, 5.74) is 1.69. The van der Waals surface area contributed by atoms with Crippen LogP contribution in [0.4, 0.5) is 8.78 Å². The quantitative estimate of drug-likeness (QED) is 0.644. The van der Waals surface area contributed by atoms with Crippen LogP contribution in [-0.2, 0) is 0 Å². The topological polar surface area (TPSA) is 12.4 Å². The van der Waals surface area contributed by atoms with Crippen LogP contribution in [0.2, 0.25) is 0 Å². The molecule has 2 unspecified atom stereocenters. The standard InChI is InChI=1S/C13H13F2N/c1-4-10-7(2)16-8(3)13-11(10)5-9(14)6-12(13)15/h4-7,10H,1H2,2-3H3. The number of fused-ring (bicyclic) bond motifs is 1. The molecule has 1 aliphatic rings. The van der Waals surface area contributed by atoms with Crippen molar-refractivity contribution in [2.75, 3.05) is 0 Å². The molecule has 0 aliphatic carbocycles. The fourth-order valence-corrected chi connectivity index (χ4v) is 2.27. The van der Waals surface area contributed by atoms with E-state index < -0.39 is 11.6 Å². The second-order valence-corrected chi connectivity index (χ2v) is 4.07. The molecule has 0 N–H and O–H groups in total. The number of nitrogens with zero attached hydrogens (tertiary/aromatic N) is 1. The first kappa shape index (κ1) is 11.0. The Labute approximate surface area is 93.5 Å². The molecule has 0 radical (unpaired) electrons. The highest BCUT2D eigenvalue weighted by atomic mass is 19.1. The van der Waals surface area contributed by atoms with Gasteiger partial charge in [-0.2, -0.15) is 0 Å². The Bertz CT molecular complexity index is 477. The van der Waals surface area contributed by atoms with Crippen LogP contribution < -0.4 is 0 Å². The number of hydrogen-bond acceptors (Lipinski definition) is 1. The third kappa shape index (κ3) is 1.56. The second kappa shape index (κ2) is 3.81. The summed E-state index contributed by atoms with van der Waals surface area (Å²) in [6.45, 7) is 7.37. The highest BCUT2D eigenvalue weighted by molar-refractivity contribution is 6.01. The molecule has 84 valence electrons. The maximum absolute atomic E-state index is 13.7. The predicted molar refractivity (Wildman–Crippen MR) is 61.0 cm³/mol. The van der Waals surface area contributed by atoms with Gasteiger partial charge in [-0.3, -0.25) is 4.99 Å². The van der Waals surface area contributed by atoms with Crippen LogP contribution in [0.5, 0.6) is 0 Å². The average molecular weight is 221 g/mol. The number of benzene rings is 1. The summed E-state index contributed by atoms with van der Waals surface area (Å²) in [6.07, 6.45) is 1.69. The van der Waals surface area contributed by atoms with Gasteiger partial charge in [0.25, 0.3) is 0 Å². The molecule has 3 heteroatoms. The molecule has 1 aromatic carbocycles. The molecule has 0 bridgehead atoms. The van der Waals surface area contributed by atoms with E-state index >= 15 is 0 Å². The highest BCUT2D eigenvalue weighted by Gasteiger charge is 2.27. The van der Waals surface area contributed by atoms with Crippen molar-refractivity contribution in [1.82, 2.24) is 0 Å². The van der Waals surface area contributed by atoms with Crippen molar-refractivity contribution in [1.29, 1.82) is 0 Å². The molecule has 0 saturated carbocycles. The first-order chi connectivity index (χ1) is 7.54. The summed E-state index contributed by atoms with van der Waals surface area (Å²) < 4.78 is 26.9. The van der Waals surface area contributed by atoms with Crippen molar-refractivity contribution in [3.63, 3.8) is 0 Å². The molecule has 16 heavy (non-hydrogen) atoms. The first-order valence-electron chi connectivity index (χ1n) is 5.21. The van der Waals surface area contributed by atoms with Crippen LogP contribution in [-0.4, -0.2) is 11.8 Å². The molecule has 1 aliphatic heterocycles. The van der Waals surface area contributed by atoms with E-state index in [0.29, 0.717) is 16.8 Å². The van der Waals surface area contributed by atoms with E-state index in [4.69, 9.17) is 0 Å². The minimum Gasteiger partial charge on any atom is -0.285 e. The van der Waals surface area contributed by atoms with Crippen LogP contribution >= 0.6 is 0 Å². The second-order valence-electron chi connectivity index (χ2n) is 4.07. The fourth-order valence-electron chi connectivity index (χ4n) is 2.27. The molecule has 2 atom stereocenters. The molecule has 0 saturated heterocycles. The summed E-state index contributed by atoms with van der Waals surface area (Å²) in [6, 6.07) is 2.25. The molecule has 0 amide bonds. The Kier molecular flexibility index (Phi) is 2.62. The smallest absolute Gasteiger partial charge is 0.135 e. The van der Waals surface area contributed by atoms with E-state index in [9.17, 15) is 8.78 Å². The van der Waals surface area contributed by atoms with E-state index in [1.165, 1.54) is 6.07 Å². The maximum atomic E-state index is 13.7. The van der Waals surface area contributed by atoms with Gasteiger partial charge in [-0.05, 0) is 25.5 Å². The summed E-state index contributed by atoms with van der Waals surface area (Å²) in [7, 11) is 0. The average Bonchev–Trinajstić information content (AvgIpc) is 2.15. The number of rotatable bonds is 1. The lowest BCUT2D eigenvalue weighted by molar-refractivity contribution is 0.563. The van der Waals surface area contributed by atoms with Crippen LogP contribution in [0.1, 0.15) is 30.9 Å². The summed E-state index contributed by atoms with van der Waals surface area (Å²) in [5, 5.41) is 0. The molecule has 1 heterocycles. The maximum Gasteiger partial charge on any atom is 0.135 e. The van der Waals surface area contributed by atoms with Gasteiger partial charge in [0.2, 0.25) is 0 Å². The molecular weight excluding hydrogens is 208 g/mol. The molecule has 1 aromatic rings. The zero-order valence-electron chi connectivity index (χ0n) is 9.30. The molecule has 0 aromatic heterocycles. The Morgan fingerprint density at radius 3 is 2.69 bits per heavy atom. The molecule has 0 fully saturated rings. The van der Waals surface area contributed by atoms with Crippen LogP contribution in [0.25, 0.3) is 0 Å². The molecule has 2 rings (SSSR count). The first-order valence-corrected chi connectivity index (χ1v) is 5.21. The van der Waals surface area contributed by atoms with Gasteiger partial charge in [-0.25, -0.2) is 8.78 Å². The highest BCUT2D eigenvalue weighted by Crippen LogP contribution is 2.33. The van der Waals surface area contributed by atoms with Gasteiger partial charge in [0.15, 0.2) is 0 Å². The van der Waals surface area contributed by atoms with Gasteiger partial charge < -0.3 is 0 Å². The van der Waals surface area contributed by atoms with Gasteiger partial charge in [0, 0.05) is 23.3 Å².